The van der Waals surface area contributed by atoms with Crippen molar-refractivity contribution in [3.63, 3.8) is 0 Å². The van der Waals surface area contributed by atoms with Crippen LogP contribution in [0.15, 0.2) is 36.4 Å². The van der Waals surface area contributed by atoms with Gasteiger partial charge in [-0.25, -0.2) is 0 Å². The van der Waals surface area contributed by atoms with Gasteiger partial charge in [-0.3, -0.25) is 0 Å². The summed E-state index contributed by atoms with van der Waals surface area (Å²) in [6.45, 7) is 8.38. The highest BCUT2D eigenvalue weighted by Crippen LogP contribution is 2.28. The lowest BCUT2D eigenvalue weighted by Crippen LogP contribution is -2.24. The molecule has 1 atom stereocenters. The van der Waals surface area contributed by atoms with E-state index in [1.165, 1.54) is 42.0 Å². The molecule has 0 bridgehead atoms. The summed E-state index contributed by atoms with van der Waals surface area (Å²) in [6.07, 6.45) is 7.49. The van der Waals surface area contributed by atoms with Gasteiger partial charge in [0, 0.05) is 18.2 Å². The van der Waals surface area contributed by atoms with E-state index < -0.39 is 0 Å². The summed E-state index contributed by atoms with van der Waals surface area (Å²) in [6, 6.07) is 13.4. The molecule has 0 aliphatic heterocycles. The molecule has 0 aliphatic rings. The fraction of sp³-hybridized carbons (Fsp3) is 0.545. The van der Waals surface area contributed by atoms with Gasteiger partial charge in [-0.2, -0.15) is 0 Å². The van der Waals surface area contributed by atoms with E-state index in [0.717, 1.165) is 31.7 Å². The lowest BCUT2D eigenvalue weighted by molar-refractivity contribution is 0.301. The van der Waals surface area contributed by atoms with Crippen LogP contribution in [0, 0.1) is 0 Å². The van der Waals surface area contributed by atoms with Crippen LogP contribution in [-0.4, -0.2) is 12.6 Å². The van der Waals surface area contributed by atoms with Gasteiger partial charge < -0.3 is 10.1 Å². The number of unbranched alkanes of at least 4 members (excludes halogenated alkanes) is 4. The highest BCUT2D eigenvalue weighted by Gasteiger charge is 2.10. The Balaban J connectivity index is 2.06. The first kappa shape index (κ1) is 18.8. The first-order chi connectivity index (χ1) is 11.8. The first-order valence-electron chi connectivity index (χ1n) is 9.63. The summed E-state index contributed by atoms with van der Waals surface area (Å²) >= 11 is 0. The molecule has 132 valence electrons. The monoisotopic (exact) mass is 327 g/mol. The molecule has 0 saturated heterocycles. The molecule has 24 heavy (non-hydrogen) atoms. The van der Waals surface area contributed by atoms with Crippen LogP contribution in [0.4, 0.5) is 0 Å². The maximum Gasteiger partial charge on any atom is 0.124 e. The fourth-order valence-corrected chi connectivity index (χ4v) is 2.94. The van der Waals surface area contributed by atoms with Gasteiger partial charge >= 0.3 is 0 Å². The van der Waals surface area contributed by atoms with Gasteiger partial charge in [0.25, 0.3) is 0 Å². The molecule has 2 rings (SSSR count). The Hall–Kier alpha value is -1.54. The van der Waals surface area contributed by atoms with Crippen LogP contribution < -0.4 is 10.1 Å². The molecule has 0 aromatic heterocycles. The molecule has 2 aromatic rings. The van der Waals surface area contributed by atoms with Gasteiger partial charge in [-0.15, -0.1) is 0 Å². The molecular formula is C22H33NO. The third-order valence-electron chi connectivity index (χ3n) is 4.74. The Morgan fingerprint density at radius 2 is 1.75 bits per heavy atom. The SMILES string of the molecule is CCCCCCCOc1ccc2ccccc2c1CNC(C)CC. The molecule has 2 heteroatoms. The highest BCUT2D eigenvalue weighted by molar-refractivity contribution is 5.87. The zero-order valence-corrected chi connectivity index (χ0v) is 15.6. The molecular weight excluding hydrogens is 294 g/mol. The molecule has 2 nitrogen and oxygen atoms in total. The second-order valence-corrected chi connectivity index (χ2v) is 6.72. The number of benzene rings is 2. The third kappa shape index (κ3) is 5.52. The number of rotatable bonds is 11. The molecule has 0 spiro atoms. The molecule has 0 amide bonds. The summed E-state index contributed by atoms with van der Waals surface area (Å²) < 4.78 is 6.15. The molecule has 0 heterocycles. The Morgan fingerprint density at radius 1 is 0.958 bits per heavy atom. The minimum absolute atomic E-state index is 0.519. The molecule has 0 aliphatic carbocycles. The van der Waals surface area contributed by atoms with Gasteiger partial charge in [-0.05, 0) is 36.6 Å². The minimum atomic E-state index is 0.519. The quantitative estimate of drug-likeness (QED) is 0.505. The van der Waals surface area contributed by atoms with Gasteiger partial charge in [-0.1, -0.05) is 69.9 Å². The zero-order chi connectivity index (χ0) is 17.2. The summed E-state index contributed by atoms with van der Waals surface area (Å²) in [5.41, 5.74) is 1.29. The highest BCUT2D eigenvalue weighted by atomic mass is 16.5. The summed E-state index contributed by atoms with van der Waals surface area (Å²) in [7, 11) is 0. The predicted octanol–water partition coefficient (Wildman–Crippen LogP) is 6.08. The van der Waals surface area contributed by atoms with Crippen LogP contribution in [0.25, 0.3) is 10.8 Å². The standard InChI is InChI=1S/C22H33NO/c1-4-6-7-8-11-16-24-22-15-14-19-12-9-10-13-20(19)21(22)17-23-18(3)5-2/h9-10,12-15,18,23H,4-8,11,16-17H2,1-3H3. The Bertz CT molecular complexity index is 608. The Labute approximate surface area is 147 Å². The summed E-state index contributed by atoms with van der Waals surface area (Å²) in [5, 5.41) is 6.21. The number of fused-ring (bicyclic) bond motifs is 1. The fourth-order valence-electron chi connectivity index (χ4n) is 2.94. The Kier molecular flexibility index (Phi) is 8.11. The topological polar surface area (TPSA) is 21.3 Å². The van der Waals surface area contributed by atoms with Crippen molar-refractivity contribution < 1.29 is 4.74 Å². The van der Waals surface area contributed by atoms with E-state index in [4.69, 9.17) is 4.74 Å². The zero-order valence-electron chi connectivity index (χ0n) is 15.6. The van der Waals surface area contributed by atoms with E-state index in [1.54, 1.807) is 0 Å². The second-order valence-electron chi connectivity index (χ2n) is 6.72. The largest absolute Gasteiger partial charge is 0.493 e. The van der Waals surface area contributed by atoms with E-state index in [0.29, 0.717) is 6.04 Å². The molecule has 1 N–H and O–H groups in total. The van der Waals surface area contributed by atoms with Crippen molar-refractivity contribution >= 4 is 10.8 Å². The average molecular weight is 328 g/mol. The number of ether oxygens (including phenoxy) is 1. The van der Waals surface area contributed by atoms with Crippen LogP contribution in [0.3, 0.4) is 0 Å². The average Bonchev–Trinajstić information content (AvgIpc) is 2.62. The van der Waals surface area contributed by atoms with Crippen molar-refractivity contribution in [3.05, 3.63) is 42.0 Å². The summed E-state index contributed by atoms with van der Waals surface area (Å²) in [4.78, 5) is 0. The van der Waals surface area contributed by atoms with Crippen molar-refractivity contribution in [2.75, 3.05) is 6.61 Å². The minimum Gasteiger partial charge on any atom is -0.493 e. The molecule has 0 saturated carbocycles. The van der Waals surface area contributed by atoms with Gasteiger partial charge in [0.2, 0.25) is 0 Å². The maximum absolute atomic E-state index is 6.15. The van der Waals surface area contributed by atoms with Crippen LogP contribution in [0.2, 0.25) is 0 Å². The van der Waals surface area contributed by atoms with Crippen molar-refractivity contribution in [2.24, 2.45) is 0 Å². The van der Waals surface area contributed by atoms with Crippen molar-refractivity contribution in [1.29, 1.82) is 0 Å². The lowest BCUT2D eigenvalue weighted by atomic mass is 10.0. The Morgan fingerprint density at radius 3 is 2.54 bits per heavy atom. The van der Waals surface area contributed by atoms with E-state index in [1.807, 2.05) is 0 Å². The smallest absolute Gasteiger partial charge is 0.124 e. The van der Waals surface area contributed by atoms with Crippen LogP contribution in [0.5, 0.6) is 5.75 Å². The molecule has 2 aromatic carbocycles. The van der Waals surface area contributed by atoms with Crippen LogP contribution in [0.1, 0.15) is 64.9 Å². The normalized spacial score (nSPS) is 12.5. The van der Waals surface area contributed by atoms with Gasteiger partial charge in [0.05, 0.1) is 6.61 Å². The maximum atomic E-state index is 6.15. The number of nitrogens with one attached hydrogen (secondary N) is 1. The lowest BCUT2D eigenvalue weighted by Gasteiger charge is -2.17. The molecule has 1 unspecified atom stereocenters. The second kappa shape index (κ2) is 10.4. The van der Waals surface area contributed by atoms with E-state index in [2.05, 4.69) is 62.5 Å². The van der Waals surface area contributed by atoms with Crippen molar-refractivity contribution in [3.8, 4) is 5.75 Å². The van der Waals surface area contributed by atoms with Crippen molar-refractivity contribution in [1.82, 2.24) is 5.32 Å². The van der Waals surface area contributed by atoms with E-state index in [-0.39, 0.29) is 0 Å². The third-order valence-corrected chi connectivity index (χ3v) is 4.74. The van der Waals surface area contributed by atoms with Crippen LogP contribution >= 0.6 is 0 Å². The van der Waals surface area contributed by atoms with E-state index in [9.17, 15) is 0 Å². The summed E-state index contributed by atoms with van der Waals surface area (Å²) in [5.74, 6) is 1.04. The van der Waals surface area contributed by atoms with Crippen LogP contribution in [-0.2, 0) is 6.54 Å². The van der Waals surface area contributed by atoms with Gasteiger partial charge in [0.15, 0.2) is 0 Å². The molecule has 0 fully saturated rings. The number of hydrogen-bond acceptors (Lipinski definition) is 2. The van der Waals surface area contributed by atoms with Gasteiger partial charge in [0.1, 0.15) is 5.75 Å². The molecule has 0 radical (unpaired) electrons. The number of hydrogen-bond donors (Lipinski definition) is 1. The van der Waals surface area contributed by atoms with Crippen molar-refractivity contribution in [2.45, 2.75) is 71.9 Å². The van der Waals surface area contributed by atoms with E-state index >= 15 is 0 Å². The predicted molar refractivity (Wildman–Crippen MR) is 105 cm³/mol. The first-order valence-corrected chi connectivity index (χ1v) is 9.63.